The van der Waals surface area contributed by atoms with Crippen LogP contribution in [0.3, 0.4) is 0 Å². The van der Waals surface area contributed by atoms with E-state index < -0.39 is 0 Å². The zero-order chi connectivity index (χ0) is 15.0. The van der Waals surface area contributed by atoms with Gasteiger partial charge in [0.15, 0.2) is 0 Å². The Balaban J connectivity index is 1.95. The summed E-state index contributed by atoms with van der Waals surface area (Å²) >= 11 is 5.91. The highest BCUT2D eigenvalue weighted by atomic mass is 35.5. The third kappa shape index (κ3) is 2.63. The molecule has 0 amide bonds. The van der Waals surface area contributed by atoms with Gasteiger partial charge < -0.3 is 14.8 Å². The molecule has 1 unspecified atom stereocenters. The van der Waals surface area contributed by atoms with E-state index in [0.717, 1.165) is 11.1 Å². The number of hydrogen-bond donors (Lipinski definition) is 1. The summed E-state index contributed by atoms with van der Waals surface area (Å²) in [6.07, 6.45) is 0.670. The van der Waals surface area contributed by atoms with Gasteiger partial charge in [-0.25, -0.2) is 4.39 Å². The van der Waals surface area contributed by atoms with E-state index in [1.807, 2.05) is 18.2 Å². The second-order valence-corrected chi connectivity index (χ2v) is 5.41. The highest BCUT2D eigenvalue weighted by Crippen LogP contribution is 2.39. The molecule has 2 aromatic rings. The summed E-state index contributed by atoms with van der Waals surface area (Å²) in [6, 6.07) is 8.74. The fourth-order valence-corrected chi connectivity index (χ4v) is 2.85. The number of benzene rings is 2. The van der Waals surface area contributed by atoms with E-state index in [9.17, 15) is 4.39 Å². The van der Waals surface area contributed by atoms with E-state index in [-0.39, 0.29) is 11.9 Å². The SMILES string of the molecule is COc1cc(OC)cc(C2Cc3cc(Cl)cc(F)c3N2)c1. The molecule has 0 aliphatic carbocycles. The van der Waals surface area contributed by atoms with Crippen molar-refractivity contribution in [3.8, 4) is 11.5 Å². The Labute approximate surface area is 127 Å². The van der Waals surface area contributed by atoms with Crippen LogP contribution < -0.4 is 14.8 Å². The van der Waals surface area contributed by atoms with E-state index in [4.69, 9.17) is 21.1 Å². The molecule has 1 aliphatic heterocycles. The molecule has 1 aliphatic rings. The maximum absolute atomic E-state index is 13.9. The van der Waals surface area contributed by atoms with Gasteiger partial charge in [0.25, 0.3) is 0 Å². The Morgan fingerprint density at radius 3 is 2.38 bits per heavy atom. The van der Waals surface area contributed by atoms with Gasteiger partial charge in [0, 0.05) is 11.1 Å². The minimum Gasteiger partial charge on any atom is -0.497 e. The molecule has 1 N–H and O–H groups in total. The lowest BCUT2D eigenvalue weighted by molar-refractivity contribution is 0.393. The topological polar surface area (TPSA) is 30.5 Å². The highest BCUT2D eigenvalue weighted by molar-refractivity contribution is 6.30. The van der Waals surface area contributed by atoms with Crippen LogP contribution in [0.2, 0.25) is 5.02 Å². The molecule has 21 heavy (non-hydrogen) atoms. The van der Waals surface area contributed by atoms with Gasteiger partial charge in [-0.3, -0.25) is 0 Å². The Bertz CT molecular complexity index is 668. The summed E-state index contributed by atoms with van der Waals surface area (Å²) in [4.78, 5) is 0. The van der Waals surface area contributed by atoms with Crippen LogP contribution in [0.15, 0.2) is 30.3 Å². The molecule has 0 fully saturated rings. The molecule has 0 saturated carbocycles. The highest BCUT2D eigenvalue weighted by Gasteiger charge is 2.26. The van der Waals surface area contributed by atoms with Gasteiger partial charge in [0.1, 0.15) is 17.3 Å². The van der Waals surface area contributed by atoms with Crippen molar-refractivity contribution in [3.63, 3.8) is 0 Å². The summed E-state index contributed by atoms with van der Waals surface area (Å²) < 4.78 is 24.5. The van der Waals surface area contributed by atoms with Crippen LogP contribution in [0.4, 0.5) is 10.1 Å². The Morgan fingerprint density at radius 2 is 1.76 bits per heavy atom. The lowest BCUT2D eigenvalue weighted by atomic mass is 10.0. The lowest BCUT2D eigenvalue weighted by Gasteiger charge is -2.14. The molecular formula is C16H15ClFNO2. The van der Waals surface area contributed by atoms with Crippen LogP contribution in [-0.4, -0.2) is 14.2 Å². The predicted molar refractivity (Wildman–Crippen MR) is 81.0 cm³/mol. The van der Waals surface area contributed by atoms with Gasteiger partial charge in [-0.15, -0.1) is 0 Å². The number of hydrogen-bond acceptors (Lipinski definition) is 3. The van der Waals surface area contributed by atoms with Crippen molar-refractivity contribution in [2.75, 3.05) is 19.5 Å². The number of anilines is 1. The van der Waals surface area contributed by atoms with E-state index in [1.54, 1.807) is 20.3 Å². The van der Waals surface area contributed by atoms with Crippen molar-refractivity contribution in [2.24, 2.45) is 0 Å². The van der Waals surface area contributed by atoms with Crippen molar-refractivity contribution in [1.82, 2.24) is 0 Å². The summed E-state index contributed by atoms with van der Waals surface area (Å²) in [6.45, 7) is 0. The van der Waals surface area contributed by atoms with Crippen LogP contribution in [0.1, 0.15) is 17.2 Å². The standard InChI is InChI=1S/C16H15ClFNO2/c1-20-12-4-9(5-13(8-12)21-2)15-6-10-3-11(17)7-14(18)16(10)19-15/h3-5,7-8,15,19H,6H2,1-2H3. The van der Waals surface area contributed by atoms with Crippen molar-refractivity contribution >= 4 is 17.3 Å². The third-order valence-electron chi connectivity index (χ3n) is 3.66. The Kier molecular flexibility index (Phi) is 3.64. The summed E-state index contributed by atoms with van der Waals surface area (Å²) in [5.41, 5.74) is 2.39. The molecule has 0 aromatic heterocycles. The lowest BCUT2D eigenvalue weighted by Crippen LogP contribution is -2.06. The van der Waals surface area contributed by atoms with Gasteiger partial charge in [-0.05, 0) is 41.8 Å². The molecular weight excluding hydrogens is 293 g/mol. The molecule has 3 nitrogen and oxygen atoms in total. The number of halogens is 2. The maximum atomic E-state index is 13.9. The molecule has 1 heterocycles. The quantitative estimate of drug-likeness (QED) is 0.921. The van der Waals surface area contributed by atoms with Gasteiger partial charge in [-0.1, -0.05) is 11.6 Å². The van der Waals surface area contributed by atoms with Gasteiger partial charge in [0.2, 0.25) is 0 Å². The summed E-state index contributed by atoms with van der Waals surface area (Å²) in [5.74, 6) is 1.09. The van der Waals surface area contributed by atoms with Crippen LogP contribution in [0, 0.1) is 5.82 Å². The molecule has 0 spiro atoms. The maximum Gasteiger partial charge on any atom is 0.148 e. The minimum atomic E-state index is -0.324. The van der Waals surface area contributed by atoms with Crippen molar-refractivity contribution in [2.45, 2.75) is 12.5 Å². The van der Waals surface area contributed by atoms with E-state index in [2.05, 4.69) is 5.32 Å². The van der Waals surface area contributed by atoms with Gasteiger partial charge >= 0.3 is 0 Å². The molecule has 2 aromatic carbocycles. The van der Waals surface area contributed by atoms with E-state index in [1.165, 1.54) is 6.07 Å². The molecule has 3 rings (SSSR count). The molecule has 0 saturated heterocycles. The molecule has 0 bridgehead atoms. The van der Waals surface area contributed by atoms with Crippen LogP contribution in [0.5, 0.6) is 11.5 Å². The number of nitrogens with one attached hydrogen (secondary N) is 1. The first-order chi connectivity index (χ1) is 10.1. The number of ether oxygens (including phenoxy) is 2. The molecule has 110 valence electrons. The van der Waals surface area contributed by atoms with E-state index >= 15 is 0 Å². The average molecular weight is 308 g/mol. The predicted octanol–water partition coefficient (Wildman–Crippen LogP) is 4.21. The smallest absolute Gasteiger partial charge is 0.148 e. The largest absolute Gasteiger partial charge is 0.497 e. The van der Waals surface area contributed by atoms with Crippen LogP contribution >= 0.6 is 11.6 Å². The Hall–Kier alpha value is -1.94. The number of fused-ring (bicyclic) bond motifs is 1. The zero-order valence-electron chi connectivity index (χ0n) is 11.7. The van der Waals surface area contributed by atoms with E-state index in [0.29, 0.717) is 28.6 Å². The Morgan fingerprint density at radius 1 is 1.10 bits per heavy atom. The van der Waals surface area contributed by atoms with Crippen LogP contribution in [-0.2, 0) is 6.42 Å². The fourth-order valence-electron chi connectivity index (χ4n) is 2.63. The summed E-state index contributed by atoms with van der Waals surface area (Å²) in [5, 5.41) is 3.62. The second kappa shape index (κ2) is 5.45. The fraction of sp³-hybridized carbons (Fsp3) is 0.250. The van der Waals surface area contributed by atoms with Gasteiger partial charge in [-0.2, -0.15) is 0 Å². The average Bonchev–Trinajstić information content (AvgIpc) is 2.91. The van der Waals surface area contributed by atoms with Crippen molar-refractivity contribution < 1.29 is 13.9 Å². The normalized spacial score (nSPS) is 16.3. The van der Waals surface area contributed by atoms with Crippen LogP contribution in [0.25, 0.3) is 0 Å². The molecule has 5 heteroatoms. The first-order valence-electron chi connectivity index (χ1n) is 6.58. The number of rotatable bonds is 3. The zero-order valence-corrected chi connectivity index (χ0v) is 12.5. The van der Waals surface area contributed by atoms with Gasteiger partial charge in [0.05, 0.1) is 25.9 Å². The monoisotopic (exact) mass is 307 g/mol. The number of methoxy groups -OCH3 is 2. The third-order valence-corrected chi connectivity index (χ3v) is 3.87. The molecule has 0 radical (unpaired) electrons. The molecule has 1 atom stereocenters. The van der Waals surface area contributed by atoms with Crippen molar-refractivity contribution in [3.05, 3.63) is 52.3 Å². The first-order valence-corrected chi connectivity index (χ1v) is 6.96. The summed E-state index contributed by atoms with van der Waals surface area (Å²) in [7, 11) is 3.21. The van der Waals surface area contributed by atoms with Crippen molar-refractivity contribution in [1.29, 1.82) is 0 Å². The second-order valence-electron chi connectivity index (χ2n) is 4.97. The minimum absolute atomic E-state index is 0.0306. The first kappa shape index (κ1) is 14.0.